The van der Waals surface area contributed by atoms with Gasteiger partial charge in [0.15, 0.2) is 12.0 Å². The van der Waals surface area contributed by atoms with Crippen molar-refractivity contribution >= 4 is 44.6 Å². The maximum atomic E-state index is 12.1. The maximum Gasteiger partial charge on any atom is 1.00 e. The molecule has 1 aromatic carbocycles. The Kier molecular flexibility index (Phi) is 7.40. The van der Waals surface area contributed by atoms with Gasteiger partial charge in [0, 0.05) is 3.57 Å². The minimum atomic E-state index is -4.13. The second-order valence-electron chi connectivity index (χ2n) is 4.12. The number of carbonyl (C=O) groups is 1. The summed E-state index contributed by atoms with van der Waals surface area (Å²) in [5.74, 6) is 0.147. The molecular formula is C12H11ILiN5O4S. The molecule has 122 valence electrons. The maximum absolute atomic E-state index is 12.1. The molecule has 24 heavy (non-hydrogen) atoms. The second kappa shape index (κ2) is 8.61. The molecule has 0 radical (unpaired) electrons. The Hall–Kier alpha value is -1.42. The average molecular weight is 455 g/mol. The van der Waals surface area contributed by atoms with Gasteiger partial charge in [0.25, 0.3) is 0 Å². The Balaban J connectivity index is 0.00000288. The average Bonchev–Trinajstić information content (AvgIpc) is 2.46. The quantitative estimate of drug-likeness (QED) is 0.468. The van der Waals surface area contributed by atoms with Crippen LogP contribution in [-0.2, 0) is 10.0 Å². The Morgan fingerprint density at radius 1 is 1.25 bits per heavy atom. The van der Waals surface area contributed by atoms with Gasteiger partial charge in [0.2, 0.25) is 10.0 Å². The molecule has 2 aromatic rings. The zero-order valence-electron chi connectivity index (χ0n) is 13.0. The second-order valence-corrected chi connectivity index (χ2v) is 6.85. The number of amides is 2. The number of hydrogen-bond donors (Lipinski definition) is 1. The summed E-state index contributed by atoms with van der Waals surface area (Å²) >= 11 is 1.85. The van der Waals surface area contributed by atoms with Gasteiger partial charge in [-0.15, -0.1) is 0 Å². The van der Waals surface area contributed by atoms with Gasteiger partial charge in [-0.05, 0) is 41.6 Å². The van der Waals surface area contributed by atoms with Gasteiger partial charge >= 0.3 is 24.9 Å². The largest absolute Gasteiger partial charge is 1.00 e. The number of carbonyl (C=O) groups excluding carboxylic acids is 1. The number of methoxy groups -OCH3 is 1. The third-order valence-corrected chi connectivity index (χ3v) is 5.07. The molecule has 9 nitrogen and oxygen atoms in total. The molecule has 2 amide bonds. The summed E-state index contributed by atoms with van der Waals surface area (Å²) in [6.45, 7) is 1.57. The van der Waals surface area contributed by atoms with E-state index in [0.29, 0.717) is 9.39 Å². The molecule has 0 spiro atoms. The summed E-state index contributed by atoms with van der Waals surface area (Å²) in [5.41, 5.74) is 0. The molecule has 1 heterocycles. The van der Waals surface area contributed by atoms with E-state index in [1.54, 1.807) is 25.1 Å². The predicted molar refractivity (Wildman–Crippen MR) is 89.8 cm³/mol. The molecule has 1 aromatic heterocycles. The molecular weight excluding hydrogens is 444 g/mol. The Bertz CT molecular complexity index is 849. The summed E-state index contributed by atoms with van der Waals surface area (Å²) < 4.78 is 32.8. The van der Waals surface area contributed by atoms with Crippen molar-refractivity contribution in [1.82, 2.24) is 15.0 Å². The van der Waals surface area contributed by atoms with Crippen LogP contribution in [0.5, 0.6) is 6.01 Å². The van der Waals surface area contributed by atoms with Crippen LogP contribution in [0.1, 0.15) is 5.82 Å². The molecule has 0 atom stereocenters. The van der Waals surface area contributed by atoms with E-state index in [1.807, 2.05) is 22.6 Å². The minimum absolute atomic E-state index is 0. The third kappa shape index (κ3) is 5.30. The monoisotopic (exact) mass is 455 g/mol. The number of nitrogens with one attached hydrogen (secondary N) is 1. The van der Waals surface area contributed by atoms with E-state index in [0.717, 1.165) is 0 Å². The Morgan fingerprint density at radius 2 is 1.92 bits per heavy atom. The standard InChI is InChI=1S/C12H12IN5O4S.Li/c1-7-14-10(17-12(15-7)22-2)16-11(19)18-23(20,21)9-6-4-3-5-8(9)13;/h3-6H,1-2H3,(H2,14,15,16,17,18,19);/q;+1/p-1. The summed E-state index contributed by atoms with van der Waals surface area (Å²) in [6.07, 6.45) is 0. The molecule has 0 fully saturated rings. The predicted octanol–water partition coefficient (Wildman–Crippen LogP) is -0.908. The number of urea groups is 1. The molecule has 0 aliphatic carbocycles. The van der Waals surface area contributed by atoms with Crippen molar-refractivity contribution in [2.45, 2.75) is 11.8 Å². The van der Waals surface area contributed by atoms with Crippen LogP contribution in [0.2, 0.25) is 0 Å². The number of benzene rings is 1. The van der Waals surface area contributed by atoms with Gasteiger partial charge in [-0.2, -0.15) is 9.97 Å². The van der Waals surface area contributed by atoms with Gasteiger partial charge in [0.1, 0.15) is 5.82 Å². The molecule has 12 heteroatoms. The molecule has 1 N–H and O–H groups in total. The van der Waals surface area contributed by atoms with E-state index >= 15 is 0 Å². The summed E-state index contributed by atoms with van der Waals surface area (Å²) in [5, 5.41) is 2.17. The number of aromatic nitrogens is 3. The van der Waals surface area contributed by atoms with E-state index in [9.17, 15) is 13.2 Å². The number of aryl methyl sites for hydroxylation is 1. The van der Waals surface area contributed by atoms with E-state index in [-0.39, 0.29) is 35.7 Å². The summed E-state index contributed by atoms with van der Waals surface area (Å²) in [4.78, 5) is 23.2. The van der Waals surface area contributed by atoms with Gasteiger partial charge in [-0.3, -0.25) is 4.79 Å². The number of nitrogens with zero attached hydrogens (tertiary/aromatic N) is 4. The Labute approximate surface area is 164 Å². The molecule has 0 saturated heterocycles. The molecule has 0 bridgehead atoms. The van der Waals surface area contributed by atoms with Crippen molar-refractivity contribution in [2.24, 2.45) is 0 Å². The van der Waals surface area contributed by atoms with Crippen LogP contribution in [0.4, 0.5) is 10.7 Å². The van der Waals surface area contributed by atoms with Crippen LogP contribution in [0.15, 0.2) is 29.2 Å². The first kappa shape index (κ1) is 20.6. The van der Waals surface area contributed by atoms with E-state index in [2.05, 4.69) is 25.0 Å². The van der Waals surface area contributed by atoms with Gasteiger partial charge in [-0.25, -0.2) is 13.4 Å². The van der Waals surface area contributed by atoms with Crippen LogP contribution in [0.25, 0.3) is 4.72 Å². The van der Waals surface area contributed by atoms with Crippen LogP contribution < -0.4 is 28.9 Å². The fourth-order valence-corrected chi connectivity index (χ4v) is 3.68. The molecule has 0 aliphatic heterocycles. The van der Waals surface area contributed by atoms with Crippen LogP contribution >= 0.6 is 22.6 Å². The summed E-state index contributed by atoms with van der Waals surface area (Å²) in [7, 11) is -2.78. The first-order valence-corrected chi connectivity index (χ1v) is 8.64. The summed E-state index contributed by atoms with van der Waals surface area (Å²) in [6, 6.07) is 5.07. The van der Waals surface area contributed by atoms with Crippen molar-refractivity contribution in [1.29, 1.82) is 0 Å². The fourth-order valence-electron chi connectivity index (χ4n) is 1.54. The zero-order chi connectivity index (χ0) is 17.0. The van der Waals surface area contributed by atoms with Crippen molar-refractivity contribution in [2.75, 3.05) is 12.4 Å². The van der Waals surface area contributed by atoms with Gasteiger partial charge < -0.3 is 14.8 Å². The van der Waals surface area contributed by atoms with Crippen molar-refractivity contribution in [3.05, 3.63) is 38.4 Å². The van der Waals surface area contributed by atoms with Crippen molar-refractivity contribution in [3.63, 3.8) is 0 Å². The third-order valence-electron chi connectivity index (χ3n) is 2.45. The molecule has 0 saturated carbocycles. The zero-order valence-corrected chi connectivity index (χ0v) is 16.0. The van der Waals surface area contributed by atoms with Gasteiger partial charge in [-0.1, -0.05) is 12.1 Å². The minimum Gasteiger partial charge on any atom is -0.467 e. The van der Waals surface area contributed by atoms with E-state index < -0.39 is 16.1 Å². The number of sulfonamides is 1. The topological polar surface area (TPSA) is 125 Å². The molecule has 2 rings (SSSR count). The number of hydrogen-bond acceptors (Lipinski definition) is 7. The fraction of sp³-hybridized carbons (Fsp3) is 0.167. The normalized spacial score (nSPS) is 10.5. The SMILES string of the molecule is COc1nc(C)nc(NC(=O)[N-]S(=O)(=O)c2ccccc2I)n1.[Li+]. The number of rotatable bonds is 4. The number of ether oxygens (including phenoxy) is 1. The van der Waals surface area contributed by atoms with Crippen LogP contribution in [0, 0.1) is 10.5 Å². The number of halogens is 1. The van der Waals surface area contributed by atoms with E-state index in [4.69, 9.17) is 4.74 Å². The van der Waals surface area contributed by atoms with E-state index in [1.165, 1.54) is 13.2 Å². The van der Waals surface area contributed by atoms with Crippen LogP contribution in [0.3, 0.4) is 0 Å². The van der Waals surface area contributed by atoms with Crippen molar-refractivity contribution < 1.29 is 36.8 Å². The molecule has 0 aliphatic rings. The van der Waals surface area contributed by atoms with Gasteiger partial charge in [0.05, 0.1) is 12.0 Å². The first-order chi connectivity index (χ1) is 10.8. The van der Waals surface area contributed by atoms with Crippen LogP contribution in [-0.4, -0.2) is 36.5 Å². The smallest absolute Gasteiger partial charge is 0.467 e. The Morgan fingerprint density at radius 3 is 2.54 bits per heavy atom. The number of anilines is 1. The molecule has 0 unspecified atom stereocenters. The first-order valence-electron chi connectivity index (χ1n) is 6.12. The van der Waals surface area contributed by atoms with Crippen molar-refractivity contribution in [3.8, 4) is 6.01 Å².